The molecule has 0 fully saturated rings. The summed E-state index contributed by atoms with van der Waals surface area (Å²) < 4.78 is 5.73. The summed E-state index contributed by atoms with van der Waals surface area (Å²) >= 11 is 0. The van der Waals surface area contributed by atoms with Crippen molar-refractivity contribution in [3.8, 4) is 5.75 Å². The molecule has 21 heavy (non-hydrogen) atoms. The van der Waals surface area contributed by atoms with Gasteiger partial charge in [-0.2, -0.15) is 0 Å². The first-order chi connectivity index (χ1) is 10.2. The summed E-state index contributed by atoms with van der Waals surface area (Å²) in [5.74, 6) is 0.623. The molecule has 0 spiro atoms. The molecule has 0 aliphatic carbocycles. The molecular formula is C17H18N2O2. The number of hydrogen-bond donors (Lipinski definition) is 2. The third kappa shape index (κ3) is 3.16. The van der Waals surface area contributed by atoms with Gasteiger partial charge in [-0.05, 0) is 24.6 Å². The Morgan fingerprint density at radius 3 is 3.00 bits per heavy atom. The number of fused-ring (bicyclic) bond motifs is 1. The fraction of sp³-hybridized carbons (Fsp3) is 0.235. The predicted octanol–water partition coefficient (Wildman–Crippen LogP) is 2.48. The van der Waals surface area contributed by atoms with E-state index in [1.165, 1.54) is 5.56 Å². The van der Waals surface area contributed by atoms with Crippen molar-refractivity contribution in [1.29, 1.82) is 0 Å². The molecule has 0 bridgehead atoms. The van der Waals surface area contributed by atoms with Crippen LogP contribution in [-0.2, 0) is 11.3 Å². The average Bonchev–Trinajstić information content (AvgIpc) is 2.52. The van der Waals surface area contributed by atoms with Crippen molar-refractivity contribution in [2.24, 2.45) is 0 Å². The lowest BCUT2D eigenvalue weighted by atomic mass is 10.1. The highest BCUT2D eigenvalue weighted by molar-refractivity contribution is 5.83. The first kappa shape index (κ1) is 13.5. The van der Waals surface area contributed by atoms with Crippen LogP contribution in [0.15, 0.2) is 48.5 Å². The predicted molar refractivity (Wildman–Crippen MR) is 82.4 cm³/mol. The Hall–Kier alpha value is -2.49. The Morgan fingerprint density at radius 2 is 2.14 bits per heavy atom. The van der Waals surface area contributed by atoms with Gasteiger partial charge in [0.25, 0.3) is 5.91 Å². The second-order valence-corrected chi connectivity index (χ2v) is 5.19. The number of para-hydroxylation sites is 2. The first-order valence-corrected chi connectivity index (χ1v) is 7.05. The summed E-state index contributed by atoms with van der Waals surface area (Å²) in [7, 11) is 0. The zero-order chi connectivity index (χ0) is 14.7. The highest BCUT2D eigenvalue weighted by Crippen LogP contribution is 2.28. The smallest absolute Gasteiger partial charge is 0.263 e. The highest BCUT2D eigenvalue weighted by atomic mass is 16.5. The molecule has 1 unspecified atom stereocenters. The Bertz CT molecular complexity index is 655. The van der Waals surface area contributed by atoms with E-state index in [4.69, 9.17) is 4.74 Å². The average molecular weight is 282 g/mol. The van der Waals surface area contributed by atoms with Gasteiger partial charge in [-0.15, -0.1) is 0 Å². The van der Waals surface area contributed by atoms with Crippen LogP contribution in [-0.4, -0.2) is 18.6 Å². The van der Waals surface area contributed by atoms with Gasteiger partial charge < -0.3 is 15.4 Å². The number of carbonyl (C=O) groups excluding carboxylic acids is 1. The van der Waals surface area contributed by atoms with E-state index in [2.05, 4.69) is 16.7 Å². The second-order valence-electron chi connectivity index (χ2n) is 5.19. The molecule has 2 N–H and O–H groups in total. The van der Waals surface area contributed by atoms with Crippen molar-refractivity contribution in [3.63, 3.8) is 0 Å². The normalized spacial score (nSPS) is 16.3. The van der Waals surface area contributed by atoms with Crippen molar-refractivity contribution in [3.05, 3.63) is 59.7 Å². The van der Waals surface area contributed by atoms with Crippen LogP contribution in [0.5, 0.6) is 5.75 Å². The maximum atomic E-state index is 12.2. The van der Waals surface area contributed by atoms with Gasteiger partial charge in [-0.1, -0.05) is 42.0 Å². The lowest BCUT2D eigenvalue weighted by molar-refractivity contribution is -0.127. The summed E-state index contributed by atoms with van der Waals surface area (Å²) in [5, 5.41) is 6.14. The van der Waals surface area contributed by atoms with Gasteiger partial charge >= 0.3 is 0 Å². The van der Waals surface area contributed by atoms with Gasteiger partial charge in [0.1, 0.15) is 5.75 Å². The summed E-state index contributed by atoms with van der Waals surface area (Å²) in [6, 6.07) is 15.7. The SMILES string of the molecule is Cc1cccc(CNC(=O)C2CNc3ccccc3O2)c1. The molecule has 1 aliphatic rings. The second kappa shape index (κ2) is 5.87. The van der Waals surface area contributed by atoms with E-state index in [1.54, 1.807) is 0 Å². The molecule has 0 saturated carbocycles. The number of nitrogens with one attached hydrogen (secondary N) is 2. The zero-order valence-electron chi connectivity index (χ0n) is 11.9. The molecular weight excluding hydrogens is 264 g/mol. The largest absolute Gasteiger partial charge is 0.477 e. The Morgan fingerprint density at radius 1 is 1.29 bits per heavy atom. The molecule has 1 amide bonds. The van der Waals surface area contributed by atoms with E-state index in [0.717, 1.165) is 17.0 Å². The molecule has 3 rings (SSSR count). The van der Waals surface area contributed by atoms with Gasteiger partial charge in [0.2, 0.25) is 0 Å². The number of amides is 1. The topological polar surface area (TPSA) is 50.4 Å². The number of hydrogen-bond acceptors (Lipinski definition) is 3. The molecule has 0 aromatic heterocycles. The Kier molecular flexibility index (Phi) is 3.77. The van der Waals surface area contributed by atoms with Crippen LogP contribution in [0.1, 0.15) is 11.1 Å². The third-order valence-electron chi connectivity index (χ3n) is 3.48. The van der Waals surface area contributed by atoms with E-state index in [1.807, 2.05) is 49.4 Å². The van der Waals surface area contributed by atoms with Gasteiger partial charge in [0.05, 0.1) is 12.2 Å². The molecule has 1 heterocycles. The quantitative estimate of drug-likeness (QED) is 0.909. The molecule has 2 aromatic rings. The summed E-state index contributed by atoms with van der Waals surface area (Å²) in [5.41, 5.74) is 3.21. The molecule has 0 radical (unpaired) electrons. The van der Waals surface area contributed by atoms with E-state index in [-0.39, 0.29) is 5.91 Å². The summed E-state index contributed by atoms with van der Waals surface area (Å²) in [6.07, 6.45) is -0.496. The van der Waals surface area contributed by atoms with Crippen LogP contribution in [0.3, 0.4) is 0 Å². The number of aryl methyl sites for hydroxylation is 1. The fourth-order valence-electron chi connectivity index (χ4n) is 2.38. The van der Waals surface area contributed by atoms with E-state index < -0.39 is 6.10 Å². The van der Waals surface area contributed by atoms with Gasteiger partial charge in [-0.25, -0.2) is 0 Å². The number of anilines is 1. The van der Waals surface area contributed by atoms with E-state index in [9.17, 15) is 4.79 Å². The van der Waals surface area contributed by atoms with Crippen molar-refractivity contribution in [1.82, 2.24) is 5.32 Å². The van der Waals surface area contributed by atoms with Crippen molar-refractivity contribution < 1.29 is 9.53 Å². The minimum Gasteiger partial charge on any atom is -0.477 e. The molecule has 1 aliphatic heterocycles. The Balaban J connectivity index is 1.59. The van der Waals surface area contributed by atoms with Crippen LogP contribution in [0.25, 0.3) is 0 Å². The Labute approximate surface area is 124 Å². The minimum atomic E-state index is -0.496. The molecule has 0 saturated heterocycles. The van der Waals surface area contributed by atoms with Crippen molar-refractivity contribution in [2.75, 3.05) is 11.9 Å². The maximum Gasteiger partial charge on any atom is 0.263 e. The van der Waals surface area contributed by atoms with Crippen LogP contribution in [0, 0.1) is 6.92 Å². The third-order valence-corrected chi connectivity index (χ3v) is 3.48. The zero-order valence-corrected chi connectivity index (χ0v) is 11.9. The van der Waals surface area contributed by atoms with Gasteiger partial charge in [0.15, 0.2) is 6.10 Å². The number of benzene rings is 2. The maximum absolute atomic E-state index is 12.2. The molecule has 4 nitrogen and oxygen atoms in total. The monoisotopic (exact) mass is 282 g/mol. The highest BCUT2D eigenvalue weighted by Gasteiger charge is 2.25. The molecule has 1 atom stereocenters. The van der Waals surface area contributed by atoms with E-state index in [0.29, 0.717) is 13.1 Å². The lowest BCUT2D eigenvalue weighted by Gasteiger charge is -2.26. The standard InChI is InChI=1S/C17H18N2O2/c1-12-5-4-6-13(9-12)10-19-17(20)16-11-18-14-7-2-3-8-15(14)21-16/h2-9,16,18H,10-11H2,1H3,(H,19,20). The summed E-state index contributed by atoms with van der Waals surface area (Å²) in [6.45, 7) is 3.04. The fourth-order valence-corrected chi connectivity index (χ4v) is 2.38. The van der Waals surface area contributed by atoms with E-state index >= 15 is 0 Å². The van der Waals surface area contributed by atoms with Gasteiger partial charge in [0, 0.05) is 6.54 Å². The minimum absolute atomic E-state index is 0.0986. The number of carbonyl (C=O) groups is 1. The molecule has 108 valence electrons. The molecule has 4 heteroatoms. The number of rotatable bonds is 3. The lowest BCUT2D eigenvalue weighted by Crippen LogP contribution is -2.44. The van der Waals surface area contributed by atoms with Crippen molar-refractivity contribution in [2.45, 2.75) is 19.6 Å². The van der Waals surface area contributed by atoms with Gasteiger partial charge in [-0.3, -0.25) is 4.79 Å². The first-order valence-electron chi connectivity index (χ1n) is 7.05. The van der Waals surface area contributed by atoms with Crippen LogP contribution in [0.4, 0.5) is 5.69 Å². The van der Waals surface area contributed by atoms with Crippen LogP contribution in [0.2, 0.25) is 0 Å². The molecule has 2 aromatic carbocycles. The summed E-state index contributed by atoms with van der Waals surface area (Å²) in [4.78, 5) is 12.2. The van der Waals surface area contributed by atoms with Crippen LogP contribution < -0.4 is 15.4 Å². The van der Waals surface area contributed by atoms with Crippen LogP contribution >= 0.6 is 0 Å². The number of ether oxygens (including phenoxy) is 1. The van der Waals surface area contributed by atoms with Crippen molar-refractivity contribution >= 4 is 11.6 Å².